The van der Waals surface area contributed by atoms with Crippen molar-refractivity contribution in [2.75, 3.05) is 0 Å². The molecule has 0 atom stereocenters. The second kappa shape index (κ2) is 4.42. The number of thiazole rings is 1. The summed E-state index contributed by atoms with van der Waals surface area (Å²) in [4.78, 5) is 4.62. The average Bonchev–Trinajstić information content (AvgIpc) is 2.73. The normalized spacial score (nSPS) is 10.9. The van der Waals surface area contributed by atoms with E-state index in [1.807, 2.05) is 18.2 Å². The first-order valence-electron chi connectivity index (χ1n) is 5.85. The summed E-state index contributed by atoms with van der Waals surface area (Å²) >= 11 is 1.69. The summed E-state index contributed by atoms with van der Waals surface area (Å²) in [6.45, 7) is 2.07. The highest BCUT2D eigenvalue weighted by molar-refractivity contribution is 7.18. The van der Waals surface area contributed by atoms with E-state index in [9.17, 15) is 5.11 Å². The van der Waals surface area contributed by atoms with Crippen molar-refractivity contribution in [2.24, 2.45) is 0 Å². The number of hydrogen-bond donors (Lipinski definition) is 1. The summed E-state index contributed by atoms with van der Waals surface area (Å²) in [5.41, 5.74) is 3.20. The van der Waals surface area contributed by atoms with Gasteiger partial charge in [0, 0.05) is 12.0 Å². The van der Waals surface area contributed by atoms with Gasteiger partial charge >= 0.3 is 0 Å². The van der Waals surface area contributed by atoms with E-state index in [0.717, 1.165) is 16.1 Å². The van der Waals surface area contributed by atoms with Crippen LogP contribution < -0.4 is 0 Å². The van der Waals surface area contributed by atoms with Crippen LogP contribution in [0.1, 0.15) is 16.1 Å². The molecule has 0 bridgehead atoms. The van der Waals surface area contributed by atoms with Gasteiger partial charge in [-0.15, -0.1) is 11.3 Å². The Morgan fingerprint density at radius 1 is 1.17 bits per heavy atom. The molecule has 0 saturated heterocycles. The lowest BCUT2D eigenvalue weighted by Crippen LogP contribution is -1.87. The fourth-order valence-electron chi connectivity index (χ4n) is 1.98. The molecule has 1 N–H and O–H groups in total. The van der Waals surface area contributed by atoms with Crippen molar-refractivity contribution in [1.29, 1.82) is 0 Å². The minimum absolute atomic E-state index is 0.341. The smallest absolute Gasteiger partial charge is 0.119 e. The topological polar surface area (TPSA) is 33.1 Å². The summed E-state index contributed by atoms with van der Waals surface area (Å²) in [7, 11) is 0. The number of fused-ring (bicyclic) bond motifs is 1. The molecule has 0 amide bonds. The van der Waals surface area contributed by atoms with E-state index in [-0.39, 0.29) is 0 Å². The van der Waals surface area contributed by atoms with Crippen LogP contribution in [0.4, 0.5) is 0 Å². The molecule has 1 aromatic heterocycles. The lowest BCUT2D eigenvalue weighted by molar-refractivity contribution is 0.469. The number of phenols is 1. The maximum atomic E-state index is 9.77. The molecule has 2 nitrogen and oxygen atoms in total. The van der Waals surface area contributed by atoms with Gasteiger partial charge in [0.15, 0.2) is 0 Å². The van der Waals surface area contributed by atoms with Crippen LogP contribution in [0.3, 0.4) is 0 Å². The molecule has 1 heterocycles. The summed E-state index contributed by atoms with van der Waals surface area (Å²) in [5, 5.41) is 10.8. The number of aryl methyl sites for hydroxylation is 1. The first-order chi connectivity index (χ1) is 8.72. The number of phenolic OH excluding ortho intramolecular Hbond substituents is 1. The fraction of sp³-hybridized carbons (Fsp3) is 0.133. The monoisotopic (exact) mass is 255 g/mol. The average molecular weight is 255 g/mol. The Morgan fingerprint density at radius 3 is 2.83 bits per heavy atom. The van der Waals surface area contributed by atoms with Crippen LogP contribution >= 0.6 is 11.3 Å². The largest absolute Gasteiger partial charge is 0.508 e. The Kier molecular flexibility index (Phi) is 2.76. The van der Waals surface area contributed by atoms with Crippen molar-refractivity contribution in [3.05, 3.63) is 58.6 Å². The van der Waals surface area contributed by atoms with Crippen LogP contribution in [0.15, 0.2) is 42.5 Å². The lowest BCUT2D eigenvalue weighted by Gasteiger charge is -2.00. The van der Waals surface area contributed by atoms with E-state index in [4.69, 9.17) is 0 Å². The van der Waals surface area contributed by atoms with E-state index in [1.165, 1.54) is 10.3 Å². The van der Waals surface area contributed by atoms with Gasteiger partial charge in [0.1, 0.15) is 5.75 Å². The first-order valence-corrected chi connectivity index (χ1v) is 6.67. The molecule has 0 spiro atoms. The summed E-state index contributed by atoms with van der Waals surface area (Å²) in [6.07, 6.45) is 0.686. The maximum Gasteiger partial charge on any atom is 0.119 e. The zero-order chi connectivity index (χ0) is 12.5. The lowest BCUT2D eigenvalue weighted by atomic mass is 10.1. The summed E-state index contributed by atoms with van der Waals surface area (Å²) in [5.74, 6) is 0.341. The van der Waals surface area contributed by atoms with E-state index >= 15 is 0 Å². The van der Waals surface area contributed by atoms with Crippen molar-refractivity contribution in [2.45, 2.75) is 13.3 Å². The zero-order valence-corrected chi connectivity index (χ0v) is 10.9. The molecule has 0 fully saturated rings. The number of rotatable bonds is 2. The van der Waals surface area contributed by atoms with Crippen LogP contribution in [0, 0.1) is 6.92 Å². The number of hydrogen-bond acceptors (Lipinski definition) is 3. The number of aromatic hydroxyl groups is 1. The van der Waals surface area contributed by atoms with E-state index in [2.05, 4.69) is 30.1 Å². The van der Waals surface area contributed by atoms with Crippen LogP contribution in [-0.4, -0.2) is 10.1 Å². The molecule has 0 saturated carbocycles. The fourth-order valence-corrected chi connectivity index (χ4v) is 2.95. The van der Waals surface area contributed by atoms with E-state index < -0.39 is 0 Å². The van der Waals surface area contributed by atoms with Gasteiger partial charge in [0.25, 0.3) is 0 Å². The van der Waals surface area contributed by atoms with Gasteiger partial charge in [0.05, 0.1) is 15.2 Å². The highest BCUT2D eigenvalue weighted by Crippen LogP contribution is 2.27. The van der Waals surface area contributed by atoms with Crippen molar-refractivity contribution in [3.63, 3.8) is 0 Å². The van der Waals surface area contributed by atoms with Crippen LogP contribution in [0.2, 0.25) is 0 Å². The van der Waals surface area contributed by atoms with Gasteiger partial charge in [-0.05, 0) is 30.7 Å². The summed E-state index contributed by atoms with van der Waals surface area (Å²) < 4.78 is 1.20. The van der Waals surface area contributed by atoms with E-state index in [1.54, 1.807) is 17.4 Å². The third-order valence-electron chi connectivity index (χ3n) is 2.92. The van der Waals surface area contributed by atoms with Gasteiger partial charge in [-0.25, -0.2) is 4.98 Å². The molecule has 0 aliphatic heterocycles. The van der Waals surface area contributed by atoms with Crippen molar-refractivity contribution in [1.82, 2.24) is 4.98 Å². The molecule has 2 aromatic carbocycles. The molecule has 0 radical (unpaired) electrons. The number of para-hydroxylation sites is 1. The molecule has 3 aromatic rings. The standard InChI is InChI=1S/C15H13NOS/c1-10-6-7-14-12(8-10)16-15(18-14)9-11-4-2-3-5-13(11)17/h2-8,17H,9H2,1H3. The third kappa shape index (κ3) is 2.09. The van der Waals surface area contributed by atoms with Gasteiger partial charge in [-0.1, -0.05) is 24.3 Å². The Morgan fingerprint density at radius 2 is 2.00 bits per heavy atom. The first kappa shape index (κ1) is 11.2. The Bertz CT molecular complexity index is 703. The van der Waals surface area contributed by atoms with Crippen LogP contribution in [0.5, 0.6) is 5.75 Å². The predicted molar refractivity (Wildman–Crippen MR) is 75.3 cm³/mol. The van der Waals surface area contributed by atoms with Crippen molar-refractivity contribution < 1.29 is 5.11 Å². The molecule has 0 aliphatic carbocycles. The number of nitrogens with zero attached hydrogens (tertiary/aromatic N) is 1. The van der Waals surface area contributed by atoms with Crippen LogP contribution in [-0.2, 0) is 6.42 Å². The van der Waals surface area contributed by atoms with Crippen molar-refractivity contribution >= 4 is 21.6 Å². The molecule has 0 aliphatic rings. The van der Waals surface area contributed by atoms with Gasteiger partial charge < -0.3 is 5.11 Å². The molecule has 18 heavy (non-hydrogen) atoms. The summed E-state index contributed by atoms with van der Waals surface area (Å²) in [6, 6.07) is 13.7. The highest BCUT2D eigenvalue weighted by atomic mass is 32.1. The minimum atomic E-state index is 0.341. The van der Waals surface area contributed by atoms with Crippen LogP contribution in [0.25, 0.3) is 10.2 Å². The van der Waals surface area contributed by atoms with E-state index in [0.29, 0.717) is 12.2 Å². The minimum Gasteiger partial charge on any atom is -0.508 e. The third-order valence-corrected chi connectivity index (χ3v) is 3.96. The number of aromatic nitrogens is 1. The Balaban J connectivity index is 1.98. The predicted octanol–water partition coefficient (Wildman–Crippen LogP) is 3.90. The molecule has 3 rings (SSSR count). The zero-order valence-electron chi connectivity index (χ0n) is 10.1. The number of benzene rings is 2. The maximum absolute atomic E-state index is 9.77. The SMILES string of the molecule is Cc1ccc2sc(Cc3ccccc3O)nc2c1. The van der Waals surface area contributed by atoms with Gasteiger partial charge in [-0.3, -0.25) is 0 Å². The second-order valence-electron chi connectivity index (χ2n) is 4.38. The van der Waals surface area contributed by atoms with Gasteiger partial charge in [-0.2, -0.15) is 0 Å². The molecular weight excluding hydrogens is 242 g/mol. The molecular formula is C15H13NOS. The second-order valence-corrected chi connectivity index (χ2v) is 5.50. The molecule has 90 valence electrons. The highest BCUT2D eigenvalue weighted by Gasteiger charge is 2.07. The van der Waals surface area contributed by atoms with Crippen molar-refractivity contribution in [3.8, 4) is 5.75 Å². The molecule has 0 unspecified atom stereocenters. The Labute approximate surface area is 110 Å². The Hall–Kier alpha value is -1.87. The van der Waals surface area contributed by atoms with Gasteiger partial charge in [0.2, 0.25) is 0 Å². The molecule has 3 heteroatoms. The quantitative estimate of drug-likeness (QED) is 0.753.